The van der Waals surface area contributed by atoms with Gasteiger partial charge in [0, 0.05) is 17.0 Å². The molecule has 1 aliphatic rings. The minimum Gasteiger partial charge on any atom is -0.461 e. The minimum atomic E-state index is -0.432. The summed E-state index contributed by atoms with van der Waals surface area (Å²) >= 11 is 0. The highest BCUT2D eigenvalue weighted by Gasteiger charge is 2.40. The largest absolute Gasteiger partial charge is 0.461 e. The Hall–Kier alpha value is -2.62. The van der Waals surface area contributed by atoms with E-state index in [1.807, 2.05) is 37.3 Å². The van der Waals surface area contributed by atoms with E-state index in [9.17, 15) is 9.59 Å². The number of benzene rings is 2. The van der Waals surface area contributed by atoms with Crippen molar-refractivity contribution in [2.45, 2.75) is 20.0 Å². The summed E-state index contributed by atoms with van der Waals surface area (Å²) in [6.45, 7) is 2.13. The zero-order valence-electron chi connectivity index (χ0n) is 12.7. The summed E-state index contributed by atoms with van der Waals surface area (Å²) in [6.07, 6.45) is 0.888. The maximum absolute atomic E-state index is 11.9. The number of rotatable bonds is 3. The number of ether oxygens (including phenoxy) is 1. The number of esters is 1. The summed E-state index contributed by atoms with van der Waals surface area (Å²) in [5.41, 5.74) is 0.773. The van der Waals surface area contributed by atoms with Crippen LogP contribution in [0.2, 0.25) is 0 Å². The fraction of sp³-hybridized carbons (Fsp3) is 0.263. The van der Waals surface area contributed by atoms with E-state index < -0.39 is 5.63 Å². The molecule has 4 heteroatoms. The molecular formula is C19H16O4. The smallest absolute Gasteiger partial charge is 0.336 e. The van der Waals surface area contributed by atoms with E-state index in [4.69, 9.17) is 9.15 Å². The highest BCUT2D eigenvalue weighted by molar-refractivity contribution is 6.07. The van der Waals surface area contributed by atoms with Crippen molar-refractivity contribution in [1.82, 2.24) is 0 Å². The summed E-state index contributed by atoms with van der Waals surface area (Å²) in [4.78, 5) is 23.7. The minimum absolute atomic E-state index is 0.0122. The average Bonchev–Trinajstić information content (AvgIpc) is 3.28. The molecule has 2 aromatic carbocycles. The van der Waals surface area contributed by atoms with Crippen LogP contribution in [0.25, 0.3) is 21.7 Å². The van der Waals surface area contributed by atoms with Crippen molar-refractivity contribution < 1.29 is 13.9 Å². The van der Waals surface area contributed by atoms with Gasteiger partial charge >= 0.3 is 11.6 Å². The molecule has 4 rings (SSSR count). The van der Waals surface area contributed by atoms with Crippen molar-refractivity contribution in [2.24, 2.45) is 11.8 Å². The molecule has 1 fully saturated rings. The maximum atomic E-state index is 11.9. The van der Waals surface area contributed by atoms with Crippen LogP contribution in [-0.4, -0.2) is 5.97 Å². The van der Waals surface area contributed by atoms with Crippen molar-refractivity contribution in [2.75, 3.05) is 0 Å². The van der Waals surface area contributed by atoms with E-state index in [1.165, 1.54) is 6.07 Å². The first-order valence-corrected chi connectivity index (χ1v) is 7.74. The predicted octanol–water partition coefficient (Wildman–Crippen LogP) is 3.65. The average molecular weight is 308 g/mol. The van der Waals surface area contributed by atoms with Gasteiger partial charge in [-0.1, -0.05) is 37.3 Å². The summed E-state index contributed by atoms with van der Waals surface area (Å²) in [5, 5.41) is 2.87. The molecule has 2 unspecified atom stereocenters. The summed E-state index contributed by atoms with van der Waals surface area (Å²) in [5.74, 6) is 0.234. The molecule has 0 radical (unpaired) electrons. The molecule has 1 heterocycles. The summed E-state index contributed by atoms with van der Waals surface area (Å²) in [6, 6.07) is 13.0. The lowest BCUT2D eigenvalue weighted by Gasteiger charge is -2.09. The van der Waals surface area contributed by atoms with Gasteiger partial charge in [-0.3, -0.25) is 4.79 Å². The number of fused-ring (bicyclic) bond motifs is 3. The zero-order valence-corrected chi connectivity index (χ0v) is 12.7. The predicted molar refractivity (Wildman–Crippen MR) is 87.1 cm³/mol. The van der Waals surface area contributed by atoms with E-state index in [2.05, 4.69) is 0 Å². The van der Waals surface area contributed by atoms with Gasteiger partial charge in [0.05, 0.1) is 5.92 Å². The molecule has 3 aromatic rings. The normalized spacial score (nSPS) is 19.9. The van der Waals surface area contributed by atoms with Crippen LogP contribution < -0.4 is 5.63 Å². The van der Waals surface area contributed by atoms with E-state index >= 15 is 0 Å². The van der Waals surface area contributed by atoms with Crippen molar-refractivity contribution in [3.8, 4) is 0 Å². The Labute approximate surface area is 132 Å². The van der Waals surface area contributed by atoms with E-state index in [-0.39, 0.29) is 18.5 Å². The van der Waals surface area contributed by atoms with Crippen LogP contribution in [0.5, 0.6) is 0 Å². The van der Waals surface area contributed by atoms with E-state index in [0.29, 0.717) is 17.1 Å². The van der Waals surface area contributed by atoms with Crippen LogP contribution in [0.15, 0.2) is 51.7 Å². The first-order valence-electron chi connectivity index (χ1n) is 7.74. The van der Waals surface area contributed by atoms with Crippen molar-refractivity contribution >= 4 is 27.7 Å². The lowest BCUT2D eigenvalue weighted by Crippen LogP contribution is -2.09. The fourth-order valence-electron chi connectivity index (χ4n) is 3.04. The number of hydrogen-bond donors (Lipinski definition) is 0. The number of carbonyl (C=O) groups is 1. The second-order valence-electron chi connectivity index (χ2n) is 6.18. The van der Waals surface area contributed by atoms with Gasteiger partial charge in [0.2, 0.25) is 0 Å². The lowest BCUT2D eigenvalue weighted by atomic mass is 10.0. The Balaban J connectivity index is 1.79. The maximum Gasteiger partial charge on any atom is 0.336 e. The molecule has 1 saturated carbocycles. The van der Waals surface area contributed by atoms with Crippen molar-refractivity contribution in [1.29, 1.82) is 0 Å². The third-order valence-electron chi connectivity index (χ3n) is 4.50. The zero-order chi connectivity index (χ0) is 16.0. The van der Waals surface area contributed by atoms with Gasteiger partial charge in [-0.05, 0) is 29.2 Å². The fourth-order valence-corrected chi connectivity index (χ4v) is 3.04. The quantitative estimate of drug-likeness (QED) is 0.421. The molecule has 0 N–H and O–H groups in total. The standard InChI is InChI=1S/C19H16O4/c1-11-8-15(11)19(21)22-10-13-9-17(20)23-16-7-6-12-4-2-3-5-14(12)18(13)16/h2-7,9,11,15H,8,10H2,1H3. The van der Waals surface area contributed by atoms with Crippen LogP contribution in [0.1, 0.15) is 18.9 Å². The highest BCUT2D eigenvalue weighted by Crippen LogP contribution is 2.39. The Kier molecular flexibility index (Phi) is 3.18. The van der Waals surface area contributed by atoms with Crippen LogP contribution >= 0.6 is 0 Å². The van der Waals surface area contributed by atoms with Gasteiger partial charge in [0.1, 0.15) is 12.2 Å². The molecule has 2 atom stereocenters. The van der Waals surface area contributed by atoms with Gasteiger partial charge in [-0.2, -0.15) is 0 Å². The number of hydrogen-bond acceptors (Lipinski definition) is 4. The Morgan fingerprint density at radius 3 is 2.83 bits per heavy atom. The summed E-state index contributed by atoms with van der Waals surface area (Å²) < 4.78 is 10.7. The van der Waals surface area contributed by atoms with E-state index in [0.717, 1.165) is 22.6 Å². The molecule has 0 aliphatic heterocycles. The molecule has 116 valence electrons. The van der Waals surface area contributed by atoms with Crippen LogP contribution in [-0.2, 0) is 16.1 Å². The first kappa shape index (κ1) is 14.0. The monoisotopic (exact) mass is 308 g/mol. The molecule has 0 bridgehead atoms. The van der Waals surface area contributed by atoms with Crippen molar-refractivity contribution in [3.05, 3.63) is 58.4 Å². The summed E-state index contributed by atoms with van der Waals surface area (Å²) in [7, 11) is 0. The number of carbonyl (C=O) groups excluding carboxylic acids is 1. The molecule has 1 aliphatic carbocycles. The second-order valence-corrected chi connectivity index (χ2v) is 6.18. The molecule has 0 amide bonds. The van der Waals surface area contributed by atoms with Gasteiger partial charge < -0.3 is 9.15 Å². The Morgan fingerprint density at radius 2 is 2.04 bits per heavy atom. The van der Waals surface area contributed by atoms with Crippen molar-refractivity contribution in [3.63, 3.8) is 0 Å². The Bertz CT molecular complexity index is 970. The van der Waals surface area contributed by atoms with Crippen LogP contribution in [0, 0.1) is 11.8 Å². The first-order chi connectivity index (χ1) is 11.1. The molecule has 4 nitrogen and oxygen atoms in total. The molecule has 0 spiro atoms. The molecular weight excluding hydrogens is 292 g/mol. The highest BCUT2D eigenvalue weighted by atomic mass is 16.5. The van der Waals surface area contributed by atoms with Crippen LogP contribution in [0.3, 0.4) is 0 Å². The van der Waals surface area contributed by atoms with Gasteiger partial charge in [0.25, 0.3) is 0 Å². The lowest BCUT2D eigenvalue weighted by molar-refractivity contribution is -0.146. The molecule has 0 saturated heterocycles. The SMILES string of the molecule is CC1CC1C(=O)OCc1cc(=O)oc2ccc3ccccc3c12. The third-order valence-corrected chi connectivity index (χ3v) is 4.50. The van der Waals surface area contributed by atoms with Gasteiger partial charge in [-0.25, -0.2) is 4.79 Å². The second kappa shape index (κ2) is 5.23. The van der Waals surface area contributed by atoms with Crippen LogP contribution in [0.4, 0.5) is 0 Å². The topological polar surface area (TPSA) is 56.5 Å². The molecule has 23 heavy (non-hydrogen) atoms. The van der Waals surface area contributed by atoms with E-state index in [1.54, 1.807) is 6.07 Å². The van der Waals surface area contributed by atoms with Gasteiger partial charge in [-0.15, -0.1) is 0 Å². The third kappa shape index (κ3) is 2.50. The van der Waals surface area contributed by atoms with Gasteiger partial charge in [0.15, 0.2) is 0 Å². The Morgan fingerprint density at radius 1 is 1.26 bits per heavy atom. The molecule has 1 aromatic heterocycles.